The van der Waals surface area contributed by atoms with Gasteiger partial charge in [0.2, 0.25) is 0 Å². The maximum Gasteiger partial charge on any atom is 0.407 e. The number of hydrogen-bond donors (Lipinski definition) is 3. The summed E-state index contributed by atoms with van der Waals surface area (Å²) < 4.78 is 5.31. The number of ether oxygens (including phenoxy) is 1. The van der Waals surface area contributed by atoms with E-state index in [4.69, 9.17) is 15.6 Å². The van der Waals surface area contributed by atoms with Crippen LogP contribution in [0.1, 0.15) is 23.5 Å². The summed E-state index contributed by atoms with van der Waals surface area (Å²) in [7, 11) is 0. The summed E-state index contributed by atoms with van der Waals surface area (Å²) in [4.78, 5) is 23.1. The molecule has 0 saturated carbocycles. The molecule has 1 atom stereocenters. The highest BCUT2D eigenvalue weighted by Gasteiger charge is 2.29. The Morgan fingerprint density at radius 3 is 2.16 bits per heavy atom. The number of amides is 1. The summed E-state index contributed by atoms with van der Waals surface area (Å²) in [6.07, 6.45) is -0.595. The van der Waals surface area contributed by atoms with Gasteiger partial charge in [0, 0.05) is 5.92 Å². The predicted molar refractivity (Wildman–Crippen MR) is 93.3 cm³/mol. The van der Waals surface area contributed by atoms with Crippen molar-refractivity contribution in [3.8, 4) is 11.1 Å². The zero-order valence-corrected chi connectivity index (χ0v) is 13.6. The Labute approximate surface area is 145 Å². The largest absolute Gasteiger partial charge is 0.480 e. The lowest BCUT2D eigenvalue weighted by Crippen LogP contribution is -2.42. The maximum atomic E-state index is 12.0. The highest BCUT2D eigenvalue weighted by molar-refractivity contribution is 5.81. The fraction of sp³-hybridized carbons (Fsp3) is 0.263. The van der Waals surface area contributed by atoms with Gasteiger partial charge in [-0.15, -0.1) is 0 Å². The van der Waals surface area contributed by atoms with Crippen LogP contribution in [0.5, 0.6) is 0 Å². The van der Waals surface area contributed by atoms with Crippen molar-refractivity contribution >= 4 is 12.1 Å². The maximum absolute atomic E-state index is 12.0. The second-order valence-electron chi connectivity index (χ2n) is 5.94. The van der Waals surface area contributed by atoms with Crippen LogP contribution in [0.25, 0.3) is 11.1 Å². The minimum Gasteiger partial charge on any atom is -0.480 e. The molecule has 0 radical (unpaired) electrons. The Bertz CT molecular complexity index is 745. The first-order chi connectivity index (χ1) is 12.1. The van der Waals surface area contributed by atoms with Gasteiger partial charge in [0.15, 0.2) is 0 Å². The molecule has 6 nitrogen and oxygen atoms in total. The van der Waals surface area contributed by atoms with Crippen LogP contribution in [0.4, 0.5) is 4.79 Å². The third kappa shape index (κ3) is 3.49. The number of nitrogens with two attached hydrogens (primary N) is 1. The highest BCUT2D eigenvalue weighted by atomic mass is 16.5. The Morgan fingerprint density at radius 2 is 1.64 bits per heavy atom. The third-order valence-electron chi connectivity index (χ3n) is 4.39. The van der Waals surface area contributed by atoms with E-state index in [9.17, 15) is 9.59 Å². The van der Waals surface area contributed by atoms with E-state index < -0.39 is 18.1 Å². The van der Waals surface area contributed by atoms with E-state index in [0.29, 0.717) is 0 Å². The molecule has 4 N–H and O–H groups in total. The van der Waals surface area contributed by atoms with Crippen molar-refractivity contribution in [2.75, 3.05) is 13.2 Å². The quantitative estimate of drug-likeness (QED) is 0.749. The average molecular weight is 340 g/mol. The number of rotatable bonds is 6. The molecule has 1 aliphatic rings. The number of aliphatic carboxylic acids is 1. The van der Waals surface area contributed by atoms with Crippen LogP contribution >= 0.6 is 0 Å². The van der Waals surface area contributed by atoms with Crippen LogP contribution in [-0.4, -0.2) is 36.4 Å². The zero-order chi connectivity index (χ0) is 17.8. The van der Waals surface area contributed by atoms with E-state index in [1.54, 1.807) is 0 Å². The molecular weight excluding hydrogens is 320 g/mol. The molecule has 0 saturated heterocycles. The SMILES string of the molecule is NCC[C@H](NC(=O)OCC1c2ccccc2-c2ccccc21)C(=O)O. The monoisotopic (exact) mass is 340 g/mol. The van der Waals surface area contributed by atoms with E-state index in [1.165, 1.54) is 0 Å². The van der Waals surface area contributed by atoms with Crippen LogP contribution in [-0.2, 0) is 9.53 Å². The molecule has 1 amide bonds. The Kier molecular flexibility index (Phi) is 5.00. The molecule has 2 aromatic rings. The molecule has 0 fully saturated rings. The minimum atomic E-state index is -1.13. The molecule has 2 aromatic carbocycles. The fourth-order valence-electron chi connectivity index (χ4n) is 3.21. The Hall–Kier alpha value is -2.86. The summed E-state index contributed by atoms with van der Waals surface area (Å²) in [5, 5.41) is 11.4. The van der Waals surface area contributed by atoms with Gasteiger partial charge in [-0.2, -0.15) is 0 Å². The van der Waals surface area contributed by atoms with Gasteiger partial charge in [-0.25, -0.2) is 9.59 Å². The fourth-order valence-corrected chi connectivity index (χ4v) is 3.21. The Morgan fingerprint density at radius 1 is 1.08 bits per heavy atom. The number of alkyl carbamates (subject to hydrolysis) is 1. The number of carboxylic acid groups (broad SMARTS) is 1. The highest BCUT2D eigenvalue weighted by Crippen LogP contribution is 2.44. The van der Waals surface area contributed by atoms with Crippen molar-refractivity contribution in [3.05, 3.63) is 59.7 Å². The van der Waals surface area contributed by atoms with Gasteiger partial charge in [-0.1, -0.05) is 48.5 Å². The van der Waals surface area contributed by atoms with Crippen molar-refractivity contribution in [1.29, 1.82) is 0 Å². The summed E-state index contributed by atoms with van der Waals surface area (Å²) in [6, 6.07) is 15.0. The van der Waals surface area contributed by atoms with Crippen LogP contribution < -0.4 is 11.1 Å². The molecule has 25 heavy (non-hydrogen) atoms. The second kappa shape index (κ2) is 7.36. The van der Waals surface area contributed by atoms with Crippen molar-refractivity contribution < 1.29 is 19.4 Å². The average Bonchev–Trinajstić information content (AvgIpc) is 2.93. The molecule has 0 bridgehead atoms. The van der Waals surface area contributed by atoms with Gasteiger partial charge >= 0.3 is 12.1 Å². The molecule has 0 aliphatic heterocycles. The van der Waals surface area contributed by atoms with Crippen molar-refractivity contribution in [2.45, 2.75) is 18.4 Å². The van der Waals surface area contributed by atoms with Gasteiger partial charge in [0.1, 0.15) is 12.6 Å². The lowest BCUT2D eigenvalue weighted by atomic mass is 9.98. The normalized spacial score (nSPS) is 13.6. The lowest BCUT2D eigenvalue weighted by molar-refractivity contribution is -0.139. The minimum absolute atomic E-state index is 0.0593. The number of carboxylic acids is 1. The number of hydrogen-bond acceptors (Lipinski definition) is 4. The molecule has 6 heteroatoms. The summed E-state index contributed by atoms with van der Waals surface area (Å²) in [5.74, 6) is -1.19. The van der Waals surface area contributed by atoms with Gasteiger partial charge in [-0.05, 0) is 35.2 Å². The van der Waals surface area contributed by atoms with Gasteiger partial charge in [0.05, 0.1) is 0 Å². The van der Waals surface area contributed by atoms with E-state index in [0.717, 1.165) is 22.3 Å². The molecule has 1 aliphatic carbocycles. The lowest BCUT2D eigenvalue weighted by Gasteiger charge is -2.17. The molecule has 3 rings (SSSR count). The van der Waals surface area contributed by atoms with Gasteiger partial charge < -0.3 is 20.9 Å². The number of carbonyl (C=O) groups excluding carboxylic acids is 1. The Balaban J connectivity index is 1.71. The van der Waals surface area contributed by atoms with Crippen LogP contribution in [0.3, 0.4) is 0 Å². The predicted octanol–water partition coefficient (Wildman–Crippen LogP) is 2.33. The summed E-state index contributed by atoms with van der Waals surface area (Å²) >= 11 is 0. The van der Waals surface area contributed by atoms with E-state index >= 15 is 0 Å². The van der Waals surface area contributed by atoms with E-state index in [-0.39, 0.29) is 25.5 Å². The van der Waals surface area contributed by atoms with Crippen molar-refractivity contribution in [2.24, 2.45) is 5.73 Å². The molecule has 130 valence electrons. The third-order valence-corrected chi connectivity index (χ3v) is 4.39. The summed E-state index contributed by atoms with van der Waals surface area (Å²) in [6.45, 7) is 0.315. The zero-order valence-electron chi connectivity index (χ0n) is 13.6. The number of carbonyl (C=O) groups is 2. The smallest absolute Gasteiger partial charge is 0.407 e. The summed E-state index contributed by atoms with van der Waals surface area (Å²) in [5.41, 5.74) is 9.85. The van der Waals surface area contributed by atoms with Crippen molar-refractivity contribution in [1.82, 2.24) is 5.32 Å². The molecular formula is C19H20N2O4. The first-order valence-electron chi connectivity index (χ1n) is 8.16. The van der Waals surface area contributed by atoms with Crippen LogP contribution in [0.2, 0.25) is 0 Å². The second-order valence-corrected chi connectivity index (χ2v) is 5.94. The molecule has 0 aromatic heterocycles. The molecule has 0 spiro atoms. The number of nitrogens with one attached hydrogen (secondary N) is 1. The van der Waals surface area contributed by atoms with Crippen LogP contribution in [0.15, 0.2) is 48.5 Å². The molecule has 0 heterocycles. The number of fused-ring (bicyclic) bond motifs is 3. The van der Waals surface area contributed by atoms with Crippen LogP contribution in [0, 0.1) is 0 Å². The van der Waals surface area contributed by atoms with Gasteiger partial charge in [-0.3, -0.25) is 0 Å². The van der Waals surface area contributed by atoms with E-state index in [2.05, 4.69) is 17.4 Å². The van der Waals surface area contributed by atoms with E-state index in [1.807, 2.05) is 36.4 Å². The van der Waals surface area contributed by atoms with Crippen molar-refractivity contribution in [3.63, 3.8) is 0 Å². The molecule has 0 unspecified atom stereocenters. The topological polar surface area (TPSA) is 102 Å². The first kappa shape index (κ1) is 17.0. The number of benzene rings is 2. The van der Waals surface area contributed by atoms with Gasteiger partial charge in [0.25, 0.3) is 0 Å². The standard InChI is InChI=1S/C19H20N2O4/c20-10-9-17(18(22)23)21-19(24)25-11-16-14-7-3-1-5-12(14)13-6-2-4-8-15(13)16/h1-8,16-17H,9-11,20H2,(H,21,24)(H,22,23)/t17-/m0/s1. The first-order valence-corrected chi connectivity index (χ1v) is 8.16.